The average Bonchev–Trinajstić information content (AvgIpc) is 3.34. The van der Waals surface area contributed by atoms with Crippen LogP contribution >= 0.6 is 0 Å². The van der Waals surface area contributed by atoms with E-state index in [0.717, 1.165) is 12.8 Å². The summed E-state index contributed by atoms with van der Waals surface area (Å²) < 4.78 is 10.9. The molecule has 38 heavy (non-hydrogen) atoms. The van der Waals surface area contributed by atoms with E-state index in [1.54, 1.807) is 48.2 Å². The lowest BCUT2D eigenvalue weighted by atomic mass is 10.0. The van der Waals surface area contributed by atoms with Gasteiger partial charge in [0.15, 0.2) is 11.5 Å². The number of hydrogen-bond donors (Lipinski definition) is 2. The molecule has 3 heterocycles. The van der Waals surface area contributed by atoms with E-state index in [4.69, 9.17) is 14.5 Å². The third kappa shape index (κ3) is 6.34. The lowest BCUT2D eigenvalue weighted by Crippen LogP contribution is -2.42. The SMILES string of the molecule is CCOC(=O)c1[nH]c([C@@H]2CCCCN2C(=O)OC(C)(C)C)nc1-c1ccc(C(=O)Nc2cccnn2)cc1. The maximum atomic E-state index is 13.0. The summed E-state index contributed by atoms with van der Waals surface area (Å²) in [4.78, 5) is 47.9. The van der Waals surface area contributed by atoms with Crippen molar-refractivity contribution < 1.29 is 23.9 Å². The number of nitrogens with one attached hydrogen (secondary N) is 2. The average molecular weight is 521 g/mol. The number of anilines is 1. The van der Waals surface area contributed by atoms with Gasteiger partial charge in [-0.15, -0.1) is 5.10 Å². The van der Waals surface area contributed by atoms with Gasteiger partial charge >= 0.3 is 12.1 Å². The number of piperidine rings is 1. The van der Waals surface area contributed by atoms with Crippen molar-refractivity contribution in [1.82, 2.24) is 25.1 Å². The molecular weight excluding hydrogens is 488 g/mol. The number of benzene rings is 1. The Morgan fingerprint density at radius 1 is 1.13 bits per heavy atom. The van der Waals surface area contributed by atoms with Crippen LogP contribution in [0.2, 0.25) is 0 Å². The van der Waals surface area contributed by atoms with Gasteiger partial charge in [0.1, 0.15) is 17.1 Å². The van der Waals surface area contributed by atoms with Crippen LogP contribution in [0, 0.1) is 0 Å². The first-order valence-electron chi connectivity index (χ1n) is 12.6. The molecule has 0 bridgehead atoms. The Hall–Kier alpha value is -4.28. The third-order valence-corrected chi connectivity index (χ3v) is 5.88. The minimum absolute atomic E-state index is 0.188. The summed E-state index contributed by atoms with van der Waals surface area (Å²) in [6.45, 7) is 7.92. The van der Waals surface area contributed by atoms with Crippen LogP contribution in [0.5, 0.6) is 0 Å². The molecule has 1 atom stereocenters. The first-order valence-corrected chi connectivity index (χ1v) is 12.6. The lowest BCUT2D eigenvalue weighted by Gasteiger charge is -2.35. The highest BCUT2D eigenvalue weighted by molar-refractivity contribution is 6.04. The number of aromatic nitrogens is 4. The van der Waals surface area contributed by atoms with E-state index in [2.05, 4.69) is 20.5 Å². The van der Waals surface area contributed by atoms with Crippen molar-refractivity contribution in [1.29, 1.82) is 0 Å². The molecule has 1 fully saturated rings. The van der Waals surface area contributed by atoms with Gasteiger partial charge < -0.3 is 19.8 Å². The van der Waals surface area contributed by atoms with Gasteiger partial charge in [0.25, 0.3) is 5.91 Å². The van der Waals surface area contributed by atoms with Crippen LogP contribution in [0.1, 0.15) is 79.7 Å². The molecule has 1 aromatic carbocycles. The highest BCUT2D eigenvalue weighted by Gasteiger charge is 2.34. The first-order chi connectivity index (χ1) is 18.2. The maximum absolute atomic E-state index is 13.0. The molecule has 1 saturated heterocycles. The standard InChI is InChI=1S/C27H32N6O5/c1-5-37-25(35)22-21(17-11-13-18(14-12-17)24(34)29-20-10-8-15-28-32-20)30-23(31-22)19-9-6-7-16-33(19)26(36)38-27(2,3)4/h8,10-15,19H,5-7,9,16H2,1-4H3,(H,30,31)(H,29,32,34)/t19-/m0/s1. The number of carbonyl (C=O) groups is 3. The van der Waals surface area contributed by atoms with Gasteiger partial charge in [0.2, 0.25) is 0 Å². The number of ether oxygens (including phenoxy) is 2. The number of H-pyrrole nitrogens is 1. The van der Waals surface area contributed by atoms with Crippen molar-refractivity contribution in [3.63, 3.8) is 0 Å². The van der Waals surface area contributed by atoms with Gasteiger partial charge in [-0.3, -0.25) is 9.69 Å². The fraction of sp³-hybridized carbons (Fsp3) is 0.407. The second kappa shape index (κ2) is 11.4. The van der Waals surface area contributed by atoms with E-state index in [-0.39, 0.29) is 24.2 Å². The largest absolute Gasteiger partial charge is 0.461 e. The van der Waals surface area contributed by atoms with Crippen molar-refractivity contribution >= 4 is 23.8 Å². The summed E-state index contributed by atoms with van der Waals surface area (Å²) >= 11 is 0. The molecule has 0 saturated carbocycles. The van der Waals surface area contributed by atoms with Crippen LogP contribution < -0.4 is 5.32 Å². The second-order valence-electron chi connectivity index (χ2n) is 9.89. The summed E-state index contributed by atoms with van der Waals surface area (Å²) in [6.07, 6.45) is 3.53. The molecule has 1 aliphatic rings. The van der Waals surface area contributed by atoms with Crippen molar-refractivity contribution in [3.8, 4) is 11.3 Å². The van der Waals surface area contributed by atoms with Crippen molar-refractivity contribution in [2.24, 2.45) is 0 Å². The minimum atomic E-state index is -0.634. The monoisotopic (exact) mass is 520 g/mol. The van der Waals surface area contributed by atoms with E-state index in [1.165, 1.54) is 6.20 Å². The molecule has 1 aliphatic heterocycles. The number of imidazole rings is 1. The molecule has 11 nitrogen and oxygen atoms in total. The number of nitrogens with zero attached hydrogens (tertiary/aromatic N) is 4. The third-order valence-electron chi connectivity index (χ3n) is 5.88. The molecule has 3 aromatic rings. The fourth-order valence-corrected chi connectivity index (χ4v) is 4.20. The van der Waals surface area contributed by atoms with Crippen LogP contribution in [0.4, 0.5) is 10.6 Å². The maximum Gasteiger partial charge on any atom is 0.410 e. The number of carbonyl (C=O) groups excluding carboxylic acids is 3. The van der Waals surface area contributed by atoms with Crippen LogP contribution in [-0.4, -0.2) is 61.8 Å². The van der Waals surface area contributed by atoms with Gasteiger partial charge in [0.05, 0.1) is 12.6 Å². The van der Waals surface area contributed by atoms with Gasteiger partial charge in [-0.05, 0) is 71.2 Å². The topological polar surface area (TPSA) is 139 Å². The van der Waals surface area contributed by atoms with Crippen molar-refractivity contribution in [3.05, 3.63) is 59.7 Å². The van der Waals surface area contributed by atoms with E-state index in [1.807, 2.05) is 20.8 Å². The molecule has 11 heteroatoms. The molecule has 4 rings (SSSR count). The quantitative estimate of drug-likeness (QED) is 0.444. The van der Waals surface area contributed by atoms with Crippen molar-refractivity contribution in [2.75, 3.05) is 18.5 Å². The Morgan fingerprint density at radius 2 is 1.89 bits per heavy atom. The molecule has 0 spiro atoms. The fourth-order valence-electron chi connectivity index (χ4n) is 4.20. The Labute approximate surface area is 221 Å². The molecule has 0 aliphatic carbocycles. The molecule has 2 N–H and O–H groups in total. The van der Waals surface area contributed by atoms with Crippen LogP contribution in [0.25, 0.3) is 11.3 Å². The lowest BCUT2D eigenvalue weighted by molar-refractivity contribution is 0.00853. The van der Waals surface area contributed by atoms with E-state index in [0.29, 0.717) is 41.4 Å². The number of rotatable bonds is 6. The number of likely N-dealkylation sites (tertiary alicyclic amines) is 1. The summed E-state index contributed by atoms with van der Waals surface area (Å²) in [6, 6.07) is 9.63. The van der Waals surface area contributed by atoms with Crippen LogP contribution in [0.15, 0.2) is 42.6 Å². The Morgan fingerprint density at radius 3 is 2.55 bits per heavy atom. The summed E-state index contributed by atoms with van der Waals surface area (Å²) in [7, 11) is 0. The Balaban J connectivity index is 1.63. The van der Waals surface area contributed by atoms with Gasteiger partial charge in [-0.1, -0.05) is 12.1 Å². The minimum Gasteiger partial charge on any atom is -0.461 e. The van der Waals surface area contributed by atoms with E-state index in [9.17, 15) is 14.4 Å². The molecule has 2 amide bonds. The van der Waals surface area contributed by atoms with Gasteiger partial charge in [-0.2, -0.15) is 5.10 Å². The van der Waals surface area contributed by atoms with Crippen LogP contribution in [0.3, 0.4) is 0 Å². The van der Waals surface area contributed by atoms with Crippen LogP contribution in [-0.2, 0) is 9.47 Å². The number of hydrogen-bond acceptors (Lipinski definition) is 8. The Bertz CT molecular complexity index is 1280. The Kier molecular flexibility index (Phi) is 8.04. The summed E-state index contributed by atoms with van der Waals surface area (Å²) in [5.74, 6) is -0.0748. The van der Waals surface area contributed by atoms with Crippen molar-refractivity contribution in [2.45, 2.75) is 58.6 Å². The molecule has 200 valence electrons. The number of aromatic amines is 1. The summed E-state index contributed by atoms with van der Waals surface area (Å²) in [5, 5.41) is 10.3. The predicted octanol–water partition coefficient (Wildman–Crippen LogP) is 4.76. The highest BCUT2D eigenvalue weighted by Crippen LogP contribution is 2.33. The predicted molar refractivity (Wildman–Crippen MR) is 139 cm³/mol. The molecule has 2 aromatic heterocycles. The number of amides is 2. The van der Waals surface area contributed by atoms with E-state index < -0.39 is 17.7 Å². The molecule has 0 unspecified atom stereocenters. The second-order valence-corrected chi connectivity index (χ2v) is 9.89. The highest BCUT2D eigenvalue weighted by atomic mass is 16.6. The normalized spacial score (nSPS) is 15.6. The summed E-state index contributed by atoms with van der Waals surface area (Å²) in [5.41, 5.74) is 0.954. The van der Waals surface area contributed by atoms with Gasteiger partial charge in [-0.25, -0.2) is 14.6 Å². The zero-order chi connectivity index (χ0) is 27.3. The first kappa shape index (κ1) is 26.8. The zero-order valence-corrected chi connectivity index (χ0v) is 22.0. The smallest absolute Gasteiger partial charge is 0.410 e. The molecular formula is C27H32N6O5. The number of esters is 1. The zero-order valence-electron chi connectivity index (χ0n) is 22.0. The molecule has 0 radical (unpaired) electrons. The van der Waals surface area contributed by atoms with E-state index >= 15 is 0 Å². The van der Waals surface area contributed by atoms with Gasteiger partial charge in [0, 0.05) is 23.9 Å².